The third-order valence-corrected chi connectivity index (χ3v) is 5.42. The zero-order chi connectivity index (χ0) is 20.9. The molecule has 0 spiro atoms. The van der Waals surface area contributed by atoms with Crippen LogP contribution < -0.4 is 10.1 Å². The fraction of sp³-hybridized carbons (Fsp3) is 0. The van der Waals surface area contributed by atoms with E-state index in [1.54, 1.807) is 12.1 Å². The summed E-state index contributed by atoms with van der Waals surface area (Å²) >= 11 is 5.77. The summed E-state index contributed by atoms with van der Waals surface area (Å²) in [6.45, 7) is 0. The first-order valence-electron chi connectivity index (χ1n) is 8.34. The van der Waals surface area contributed by atoms with E-state index in [-0.39, 0.29) is 10.6 Å². The third-order valence-electron chi connectivity index (χ3n) is 3.77. The summed E-state index contributed by atoms with van der Waals surface area (Å²) in [6.07, 6.45) is 1.40. The minimum Gasteiger partial charge on any atom is -0.508 e. The van der Waals surface area contributed by atoms with E-state index >= 15 is 0 Å². The third kappa shape index (κ3) is 5.56. The van der Waals surface area contributed by atoms with Gasteiger partial charge in [0, 0.05) is 16.3 Å². The largest absolute Gasteiger partial charge is 0.508 e. The highest BCUT2D eigenvalue weighted by molar-refractivity contribution is 7.92. The Kier molecular flexibility index (Phi) is 6.16. The number of amides is 1. The second-order valence-corrected chi connectivity index (χ2v) is 8.05. The predicted molar refractivity (Wildman–Crippen MR) is 112 cm³/mol. The van der Waals surface area contributed by atoms with Crippen LogP contribution >= 0.6 is 11.6 Å². The summed E-state index contributed by atoms with van der Waals surface area (Å²) in [6, 6.07) is 18.1. The Hall–Kier alpha value is -3.36. The maximum atomic E-state index is 12.4. The van der Waals surface area contributed by atoms with E-state index in [0.29, 0.717) is 21.8 Å². The van der Waals surface area contributed by atoms with Crippen LogP contribution in [0.2, 0.25) is 5.02 Å². The molecular weight excluding hydrogens is 414 g/mol. The van der Waals surface area contributed by atoms with Crippen molar-refractivity contribution in [2.75, 3.05) is 4.72 Å². The minimum atomic E-state index is -3.76. The van der Waals surface area contributed by atoms with Crippen molar-refractivity contribution < 1.29 is 18.3 Å². The lowest BCUT2D eigenvalue weighted by Gasteiger charge is -2.08. The Morgan fingerprint density at radius 1 is 1.00 bits per heavy atom. The van der Waals surface area contributed by atoms with Crippen molar-refractivity contribution in [1.82, 2.24) is 5.43 Å². The smallest absolute Gasteiger partial charge is 0.271 e. The van der Waals surface area contributed by atoms with E-state index in [1.807, 2.05) is 0 Å². The van der Waals surface area contributed by atoms with Crippen molar-refractivity contribution in [3.8, 4) is 5.75 Å². The van der Waals surface area contributed by atoms with Gasteiger partial charge in [0.05, 0.1) is 11.1 Å². The van der Waals surface area contributed by atoms with E-state index in [2.05, 4.69) is 15.2 Å². The fourth-order valence-electron chi connectivity index (χ4n) is 2.35. The highest BCUT2D eigenvalue weighted by atomic mass is 35.5. The van der Waals surface area contributed by atoms with Crippen LogP contribution in [0.1, 0.15) is 15.9 Å². The molecule has 0 bridgehead atoms. The van der Waals surface area contributed by atoms with Crippen LogP contribution in [0.5, 0.6) is 5.75 Å². The normalized spacial score (nSPS) is 11.3. The van der Waals surface area contributed by atoms with Gasteiger partial charge in [0.1, 0.15) is 5.75 Å². The van der Waals surface area contributed by atoms with Crippen LogP contribution in [-0.2, 0) is 10.0 Å². The fourth-order valence-corrected chi connectivity index (χ4v) is 3.54. The van der Waals surface area contributed by atoms with E-state index in [0.717, 1.165) is 0 Å². The number of phenolic OH excluding ortho intramolecular Hbond substituents is 1. The molecule has 0 unspecified atom stereocenters. The summed E-state index contributed by atoms with van der Waals surface area (Å²) in [5.74, 6) is -0.370. The van der Waals surface area contributed by atoms with Crippen LogP contribution in [0.15, 0.2) is 82.8 Å². The molecule has 3 aromatic carbocycles. The number of hydrogen-bond donors (Lipinski definition) is 3. The van der Waals surface area contributed by atoms with Crippen LogP contribution in [0.25, 0.3) is 0 Å². The van der Waals surface area contributed by atoms with Crippen molar-refractivity contribution in [2.24, 2.45) is 5.10 Å². The Morgan fingerprint density at radius 2 is 1.69 bits per heavy atom. The molecule has 9 heteroatoms. The Morgan fingerprint density at radius 3 is 2.34 bits per heavy atom. The minimum absolute atomic E-state index is 0.0741. The first-order chi connectivity index (χ1) is 13.8. The predicted octanol–water partition coefficient (Wildman–Crippen LogP) is 3.61. The topological polar surface area (TPSA) is 108 Å². The van der Waals surface area contributed by atoms with Crippen molar-refractivity contribution in [2.45, 2.75) is 4.90 Å². The summed E-state index contributed by atoms with van der Waals surface area (Å²) in [5, 5.41) is 13.7. The summed E-state index contributed by atoms with van der Waals surface area (Å²) < 4.78 is 27.2. The molecule has 148 valence electrons. The highest BCUT2D eigenvalue weighted by Gasteiger charge is 2.14. The second-order valence-electron chi connectivity index (χ2n) is 5.93. The summed E-state index contributed by atoms with van der Waals surface area (Å²) in [4.78, 5) is 12.2. The molecule has 0 saturated carbocycles. The first-order valence-corrected chi connectivity index (χ1v) is 10.2. The first kappa shape index (κ1) is 20.4. The molecule has 3 N–H and O–H groups in total. The molecule has 0 heterocycles. The number of benzene rings is 3. The van der Waals surface area contributed by atoms with Crippen molar-refractivity contribution in [3.05, 3.63) is 88.9 Å². The number of nitrogens with zero attached hydrogens (tertiary/aromatic N) is 1. The lowest BCUT2D eigenvalue weighted by Crippen LogP contribution is -2.18. The molecule has 3 aromatic rings. The number of phenols is 1. The van der Waals surface area contributed by atoms with E-state index in [4.69, 9.17) is 11.6 Å². The molecule has 3 rings (SSSR count). The zero-order valence-electron chi connectivity index (χ0n) is 14.9. The molecule has 0 atom stereocenters. The monoisotopic (exact) mass is 429 g/mol. The molecular formula is C20H16ClN3O4S. The van der Waals surface area contributed by atoms with E-state index < -0.39 is 15.9 Å². The number of sulfonamides is 1. The van der Waals surface area contributed by atoms with E-state index in [1.165, 1.54) is 66.9 Å². The van der Waals surface area contributed by atoms with Crippen LogP contribution in [0.4, 0.5) is 5.69 Å². The molecule has 0 aliphatic rings. The zero-order valence-corrected chi connectivity index (χ0v) is 16.5. The van der Waals surface area contributed by atoms with Gasteiger partial charge in [-0.1, -0.05) is 23.7 Å². The number of nitrogens with one attached hydrogen (secondary N) is 2. The van der Waals surface area contributed by atoms with Gasteiger partial charge in [0.2, 0.25) is 0 Å². The number of anilines is 1. The van der Waals surface area contributed by atoms with E-state index in [9.17, 15) is 18.3 Å². The maximum Gasteiger partial charge on any atom is 0.271 e. The Balaban J connectivity index is 1.63. The number of hydrogen-bond acceptors (Lipinski definition) is 5. The molecule has 29 heavy (non-hydrogen) atoms. The average molecular weight is 430 g/mol. The lowest BCUT2D eigenvalue weighted by molar-refractivity contribution is 0.0955. The SMILES string of the molecule is O=C(N/N=C/c1cccc(O)c1)c1ccc(NS(=O)(=O)c2ccc(Cl)cc2)cc1. The lowest BCUT2D eigenvalue weighted by atomic mass is 10.2. The van der Waals surface area contributed by atoms with Crippen molar-refractivity contribution >= 4 is 39.4 Å². The highest BCUT2D eigenvalue weighted by Crippen LogP contribution is 2.18. The van der Waals surface area contributed by atoms with Gasteiger partial charge in [-0.2, -0.15) is 5.10 Å². The van der Waals surface area contributed by atoms with Gasteiger partial charge in [-0.15, -0.1) is 0 Å². The van der Waals surface area contributed by atoms with Crippen LogP contribution in [-0.4, -0.2) is 25.6 Å². The molecule has 0 aliphatic heterocycles. The molecule has 0 fully saturated rings. The van der Waals surface area contributed by atoms with Gasteiger partial charge in [-0.3, -0.25) is 9.52 Å². The molecule has 0 aliphatic carbocycles. The van der Waals surface area contributed by atoms with Crippen LogP contribution in [0.3, 0.4) is 0 Å². The molecule has 0 saturated heterocycles. The van der Waals surface area contributed by atoms with Gasteiger partial charge in [-0.25, -0.2) is 13.8 Å². The van der Waals surface area contributed by atoms with Gasteiger partial charge in [-0.05, 0) is 66.2 Å². The average Bonchev–Trinajstić information content (AvgIpc) is 2.68. The number of hydrazone groups is 1. The van der Waals surface area contributed by atoms with Gasteiger partial charge in [0.25, 0.3) is 15.9 Å². The number of carbonyl (C=O) groups is 1. The maximum absolute atomic E-state index is 12.4. The molecule has 0 aromatic heterocycles. The number of halogens is 1. The second kappa shape index (κ2) is 8.76. The summed E-state index contributed by atoms with van der Waals surface area (Å²) in [7, 11) is -3.76. The van der Waals surface area contributed by atoms with Crippen molar-refractivity contribution in [1.29, 1.82) is 0 Å². The molecule has 7 nitrogen and oxygen atoms in total. The van der Waals surface area contributed by atoms with Crippen molar-refractivity contribution in [3.63, 3.8) is 0 Å². The Bertz CT molecular complexity index is 1150. The van der Waals surface area contributed by atoms with Gasteiger partial charge in [0.15, 0.2) is 0 Å². The summed E-state index contributed by atoms with van der Waals surface area (Å²) in [5.41, 5.74) is 3.59. The van der Waals surface area contributed by atoms with Crippen LogP contribution in [0, 0.1) is 0 Å². The number of rotatable bonds is 6. The van der Waals surface area contributed by atoms with Gasteiger partial charge >= 0.3 is 0 Å². The molecule has 1 amide bonds. The number of carbonyl (C=O) groups excluding carboxylic acids is 1. The number of aromatic hydroxyl groups is 1. The van der Waals surface area contributed by atoms with Gasteiger partial charge < -0.3 is 5.11 Å². The Labute approximate surface area is 172 Å². The molecule has 0 radical (unpaired) electrons. The quantitative estimate of drug-likeness (QED) is 0.411. The standard InChI is InChI=1S/C20H16ClN3O4S/c21-16-6-10-19(11-7-16)29(27,28)24-17-8-4-15(5-9-17)20(26)23-22-13-14-2-1-3-18(25)12-14/h1-13,24-25H,(H,23,26)/b22-13+.